The van der Waals surface area contributed by atoms with Crippen molar-refractivity contribution in [1.29, 1.82) is 0 Å². The summed E-state index contributed by atoms with van der Waals surface area (Å²) in [6.45, 7) is 3.24. The smallest absolute Gasteiger partial charge is 0.254 e. The van der Waals surface area contributed by atoms with Crippen molar-refractivity contribution in [3.05, 3.63) is 46.2 Å². The van der Waals surface area contributed by atoms with E-state index in [1.807, 2.05) is 41.5 Å². The number of nitrogens with one attached hydrogen (secondary N) is 1. The van der Waals surface area contributed by atoms with Gasteiger partial charge in [0.25, 0.3) is 5.91 Å². The highest BCUT2D eigenvalue weighted by Crippen LogP contribution is 2.32. The van der Waals surface area contributed by atoms with E-state index in [1.165, 1.54) is 11.8 Å². The van der Waals surface area contributed by atoms with E-state index >= 15 is 0 Å². The van der Waals surface area contributed by atoms with E-state index in [4.69, 9.17) is 0 Å². The largest absolute Gasteiger partial charge is 0.334 e. The predicted octanol–water partition coefficient (Wildman–Crippen LogP) is 3.45. The van der Waals surface area contributed by atoms with Crippen LogP contribution in [0.5, 0.6) is 0 Å². The molecule has 1 aromatic heterocycles. The minimum absolute atomic E-state index is 0.0106. The molecular formula is C16H16N2O2S2. The van der Waals surface area contributed by atoms with Crippen LogP contribution in [0.25, 0.3) is 0 Å². The Hall–Kier alpha value is -1.79. The van der Waals surface area contributed by atoms with E-state index in [2.05, 4.69) is 5.32 Å². The molecule has 0 atom stereocenters. The molecule has 0 aliphatic carbocycles. The summed E-state index contributed by atoms with van der Waals surface area (Å²) < 4.78 is 0. The van der Waals surface area contributed by atoms with Gasteiger partial charge in [-0.05, 0) is 36.6 Å². The number of benzene rings is 1. The minimum atomic E-state index is -0.0203. The molecule has 0 bridgehead atoms. The quantitative estimate of drug-likeness (QED) is 0.933. The van der Waals surface area contributed by atoms with Crippen molar-refractivity contribution in [3.8, 4) is 0 Å². The molecule has 2 heterocycles. The predicted molar refractivity (Wildman–Crippen MR) is 90.5 cm³/mol. The molecule has 0 saturated heterocycles. The number of hydrogen-bond donors (Lipinski definition) is 1. The van der Waals surface area contributed by atoms with Gasteiger partial charge in [-0.2, -0.15) is 0 Å². The molecule has 0 fully saturated rings. The van der Waals surface area contributed by atoms with Crippen LogP contribution in [-0.4, -0.2) is 29.0 Å². The number of carbonyl (C=O) groups is 2. The van der Waals surface area contributed by atoms with E-state index in [9.17, 15) is 9.59 Å². The van der Waals surface area contributed by atoms with Gasteiger partial charge in [-0.3, -0.25) is 9.59 Å². The van der Waals surface area contributed by atoms with E-state index in [1.54, 1.807) is 17.4 Å². The number of fused-ring (bicyclic) bond motifs is 1. The van der Waals surface area contributed by atoms with E-state index < -0.39 is 0 Å². The zero-order valence-electron chi connectivity index (χ0n) is 12.2. The molecular weight excluding hydrogens is 316 g/mol. The van der Waals surface area contributed by atoms with Gasteiger partial charge in [0, 0.05) is 21.9 Å². The third-order valence-electron chi connectivity index (χ3n) is 3.46. The molecule has 114 valence electrons. The van der Waals surface area contributed by atoms with Crippen LogP contribution in [0.3, 0.4) is 0 Å². The molecule has 2 aromatic rings. The summed E-state index contributed by atoms with van der Waals surface area (Å²) in [7, 11) is 0. The Morgan fingerprint density at radius 1 is 1.36 bits per heavy atom. The number of thiophene rings is 1. The Labute approximate surface area is 137 Å². The highest BCUT2D eigenvalue weighted by molar-refractivity contribution is 8.00. The molecule has 2 amide bonds. The minimum Gasteiger partial charge on any atom is -0.334 e. The third kappa shape index (κ3) is 3.18. The van der Waals surface area contributed by atoms with Gasteiger partial charge in [0.1, 0.15) is 0 Å². The Balaban J connectivity index is 1.81. The number of thioether (sulfide) groups is 1. The lowest BCUT2D eigenvalue weighted by atomic mass is 10.1. The number of nitrogens with zero attached hydrogens (tertiary/aromatic N) is 1. The molecule has 0 unspecified atom stereocenters. The Kier molecular flexibility index (Phi) is 4.49. The number of amides is 2. The second kappa shape index (κ2) is 6.54. The van der Waals surface area contributed by atoms with Gasteiger partial charge in [-0.25, -0.2) is 0 Å². The number of anilines is 1. The second-order valence-corrected chi connectivity index (χ2v) is 7.00. The summed E-state index contributed by atoms with van der Waals surface area (Å²) in [5, 5.41) is 4.84. The topological polar surface area (TPSA) is 49.4 Å². The van der Waals surface area contributed by atoms with Crippen LogP contribution < -0.4 is 5.32 Å². The first kappa shape index (κ1) is 15.1. The van der Waals surface area contributed by atoms with Crippen molar-refractivity contribution < 1.29 is 9.59 Å². The maximum atomic E-state index is 12.7. The fourth-order valence-corrected chi connectivity index (χ4v) is 3.82. The van der Waals surface area contributed by atoms with Crippen molar-refractivity contribution in [1.82, 2.24) is 4.90 Å². The van der Waals surface area contributed by atoms with Crippen molar-refractivity contribution in [2.45, 2.75) is 18.4 Å². The van der Waals surface area contributed by atoms with Crippen molar-refractivity contribution in [2.75, 3.05) is 17.6 Å². The van der Waals surface area contributed by atoms with Gasteiger partial charge >= 0.3 is 0 Å². The van der Waals surface area contributed by atoms with Gasteiger partial charge in [0.05, 0.1) is 18.0 Å². The molecule has 1 N–H and O–H groups in total. The Bertz CT molecular complexity index is 698. The maximum absolute atomic E-state index is 12.7. The van der Waals surface area contributed by atoms with E-state index in [0.717, 1.165) is 15.5 Å². The van der Waals surface area contributed by atoms with Gasteiger partial charge in [-0.15, -0.1) is 23.1 Å². The van der Waals surface area contributed by atoms with Crippen LogP contribution in [0, 0.1) is 0 Å². The van der Waals surface area contributed by atoms with E-state index in [0.29, 0.717) is 24.4 Å². The van der Waals surface area contributed by atoms with Crippen LogP contribution in [0.1, 0.15) is 22.2 Å². The summed E-state index contributed by atoms with van der Waals surface area (Å²) in [6, 6.07) is 9.54. The molecule has 1 aliphatic rings. The molecule has 6 heteroatoms. The van der Waals surface area contributed by atoms with Crippen LogP contribution in [0.2, 0.25) is 0 Å². The molecule has 0 saturated carbocycles. The van der Waals surface area contributed by atoms with Crippen LogP contribution in [0.4, 0.5) is 5.69 Å². The van der Waals surface area contributed by atoms with Crippen LogP contribution in [-0.2, 0) is 11.3 Å². The molecule has 1 aromatic carbocycles. The van der Waals surface area contributed by atoms with Crippen molar-refractivity contribution >= 4 is 40.6 Å². The summed E-state index contributed by atoms with van der Waals surface area (Å²) in [6.07, 6.45) is 0. The molecule has 0 spiro atoms. The lowest BCUT2D eigenvalue weighted by Crippen LogP contribution is -2.30. The molecule has 22 heavy (non-hydrogen) atoms. The lowest BCUT2D eigenvalue weighted by molar-refractivity contribution is -0.113. The Morgan fingerprint density at radius 3 is 2.95 bits per heavy atom. The van der Waals surface area contributed by atoms with Gasteiger partial charge < -0.3 is 10.2 Å². The van der Waals surface area contributed by atoms with Gasteiger partial charge in [0.2, 0.25) is 5.91 Å². The maximum Gasteiger partial charge on any atom is 0.254 e. The average Bonchev–Trinajstić information content (AvgIpc) is 3.04. The highest BCUT2D eigenvalue weighted by atomic mass is 32.2. The molecule has 1 aliphatic heterocycles. The zero-order valence-corrected chi connectivity index (χ0v) is 13.8. The van der Waals surface area contributed by atoms with E-state index in [-0.39, 0.29) is 11.8 Å². The number of rotatable bonds is 4. The summed E-state index contributed by atoms with van der Waals surface area (Å²) >= 11 is 3.15. The first-order chi connectivity index (χ1) is 10.7. The lowest BCUT2D eigenvalue weighted by Gasteiger charge is -2.22. The fraction of sp³-hybridized carbons (Fsp3) is 0.250. The average molecular weight is 332 g/mol. The van der Waals surface area contributed by atoms with Crippen LogP contribution in [0.15, 0.2) is 40.6 Å². The van der Waals surface area contributed by atoms with Crippen molar-refractivity contribution in [3.63, 3.8) is 0 Å². The molecule has 4 nitrogen and oxygen atoms in total. The monoisotopic (exact) mass is 332 g/mol. The number of carbonyl (C=O) groups excluding carboxylic acids is 2. The van der Waals surface area contributed by atoms with Crippen LogP contribution >= 0.6 is 23.1 Å². The molecule has 3 rings (SSSR count). The standard InChI is InChI=1S/C16H16N2O2S2/c1-2-18(9-12-4-3-7-21-12)16(20)11-5-6-14-13(8-11)17-15(19)10-22-14/h3-8H,2,9-10H2,1H3,(H,17,19). The first-order valence-electron chi connectivity index (χ1n) is 7.05. The van der Waals surface area contributed by atoms with Crippen molar-refractivity contribution in [2.24, 2.45) is 0 Å². The highest BCUT2D eigenvalue weighted by Gasteiger charge is 2.20. The molecule has 0 radical (unpaired) electrons. The normalized spacial score (nSPS) is 13.4. The fourth-order valence-electron chi connectivity index (χ4n) is 2.32. The third-order valence-corrected chi connectivity index (χ3v) is 5.39. The summed E-state index contributed by atoms with van der Waals surface area (Å²) in [5.41, 5.74) is 1.35. The summed E-state index contributed by atoms with van der Waals surface area (Å²) in [4.78, 5) is 28.1. The second-order valence-electron chi connectivity index (χ2n) is 4.95. The number of hydrogen-bond acceptors (Lipinski definition) is 4. The Morgan fingerprint density at radius 2 is 2.23 bits per heavy atom. The van der Waals surface area contributed by atoms with Gasteiger partial charge in [-0.1, -0.05) is 6.07 Å². The van der Waals surface area contributed by atoms with Gasteiger partial charge in [0.15, 0.2) is 0 Å². The SMILES string of the molecule is CCN(Cc1cccs1)C(=O)c1ccc2c(c1)NC(=O)CS2. The zero-order chi connectivity index (χ0) is 15.5. The first-order valence-corrected chi connectivity index (χ1v) is 8.92. The summed E-state index contributed by atoms with van der Waals surface area (Å²) in [5.74, 6) is 0.399.